The molecule has 2 nitrogen and oxygen atoms in total. The lowest BCUT2D eigenvalue weighted by Crippen LogP contribution is -1.84. The first kappa shape index (κ1) is 5.94. The second-order valence-electron chi connectivity index (χ2n) is 1.39. The van der Waals surface area contributed by atoms with Crippen molar-refractivity contribution in [1.82, 2.24) is 10.2 Å². The minimum atomic E-state index is 0.884. The Kier molecular flexibility index (Phi) is 1.77. The molecule has 0 spiro atoms. The maximum absolute atomic E-state index is 3.74. The summed E-state index contributed by atoms with van der Waals surface area (Å²) in [6.07, 6.45) is 1.63. The Morgan fingerprint density at radius 2 is 2.38 bits per heavy atom. The van der Waals surface area contributed by atoms with Crippen LogP contribution in [0.25, 0.3) is 0 Å². The van der Waals surface area contributed by atoms with E-state index in [9.17, 15) is 0 Å². The van der Waals surface area contributed by atoms with E-state index < -0.39 is 0 Å². The van der Waals surface area contributed by atoms with Crippen LogP contribution in [0, 0.1) is 10.6 Å². The Labute approximate surface area is 61.5 Å². The van der Waals surface area contributed by atoms with Crippen molar-refractivity contribution in [2.75, 3.05) is 0 Å². The molecule has 0 saturated carbocycles. The molecular formula is C5H4IN2. The van der Waals surface area contributed by atoms with Crippen molar-refractivity contribution in [2.24, 2.45) is 0 Å². The van der Waals surface area contributed by atoms with Crippen molar-refractivity contribution in [3.63, 3.8) is 0 Å². The Bertz CT molecular complexity index is 170. The number of hydrogen-bond donors (Lipinski definition) is 0. The first-order chi connectivity index (χ1) is 3.79. The monoisotopic (exact) mass is 219 g/mol. The Hall–Kier alpha value is -0.190. The topological polar surface area (TPSA) is 25.8 Å². The van der Waals surface area contributed by atoms with Crippen LogP contribution in [0.15, 0.2) is 12.3 Å². The minimum Gasteiger partial charge on any atom is -0.158 e. The molecule has 1 radical (unpaired) electrons. The highest BCUT2D eigenvalue weighted by molar-refractivity contribution is 14.1. The molecule has 8 heavy (non-hydrogen) atoms. The predicted molar refractivity (Wildman–Crippen MR) is 39.2 cm³/mol. The fourth-order valence-electron chi connectivity index (χ4n) is 0.377. The normalized spacial score (nSPS) is 9.25. The zero-order valence-corrected chi connectivity index (χ0v) is 6.29. The lowest BCUT2D eigenvalue weighted by atomic mass is 10.4. The summed E-state index contributed by atoms with van der Waals surface area (Å²) in [6, 6.07) is 1.87. The van der Waals surface area contributed by atoms with Crippen LogP contribution < -0.4 is 0 Å². The molecule has 0 aromatic carbocycles. The highest BCUT2D eigenvalue weighted by Crippen LogP contribution is 1.99. The van der Waals surface area contributed by atoms with Gasteiger partial charge in [-0.15, -0.1) is 5.10 Å². The summed E-state index contributed by atoms with van der Waals surface area (Å²) in [6.45, 7) is 3.67. The molecule has 0 bridgehead atoms. The van der Waals surface area contributed by atoms with E-state index in [1.54, 1.807) is 6.20 Å². The summed E-state index contributed by atoms with van der Waals surface area (Å²) in [4.78, 5) is 0. The Balaban J connectivity index is 3.08. The number of nitrogens with zero attached hydrogens (tertiary/aromatic N) is 2. The third-order valence-corrected chi connectivity index (χ3v) is 1.21. The summed E-state index contributed by atoms with van der Waals surface area (Å²) in [5.74, 6) is 0. The molecule has 1 heterocycles. The molecule has 0 N–H and O–H groups in total. The molecule has 1 aromatic rings. The maximum atomic E-state index is 3.74. The molecule has 0 unspecified atom stereocenters. The van der Waals surface area contributed by atoms with Crippen molar-refractivity contribution in [1.29, 1.82) is 0 Å². The lowest BCUT2D eigenvalue weighted by molar-refractivity contribution is 0.995. The first-order valence-corrected chi connectivity index (χ1v) is 3.17. The SMILES string of the molecule is [CH2]c1cnnc(I)c1. The molecule has 0 aliphatic heterocycles. The van der Waals surface area contributed by atoms with E-state index in [0.717, 1.165) is 9.26 Å². The lowest BCUT2D eigenvalue weighted by Gasteiger charge is -1.86. The quantitative estimate of drug-likeness (QED) is 0.614. The fraction of sp³-hybridized carbons (Fsp3) is 0. The van der Waals surface area contributed by atoms with Crippen LogP contribution in [-0.2, 0) is 0 Å². The molecule has 1 rings (SSSR count). The molecule has 1 aromatic heterocycles. The summed E-state index contributed by atoms with van der Waals surface area (Å²) < 4.78 is 0.884. The van der Waals surface area contributed by atoms with E-state index in [1.165, 1.54) is 0 Å². The molecule has 0 fully saturated rings. The molecular weight excluding hydrogens is 215 g/mol. The van der Waals surface area contributed by atoms with E-state index in [0.29, 0.717) is 0 Å². The van der Waals surface area contributed by atoms with Crippen LogP contribution in [0.5, 0.6) is 0 Å². The maximum Gasteiger partial charge on any atom is 0.124 e. The van der Waals surface area contributed by atoms with Crippen molar-refractivity contribution in [3.05, 3.63) is 28.5 Å². The molecule has 0 saturated heterocycles. The number of halogens is 1. The first-order valence-electron chi connectivity index (χ1n) is 2.09. The number of rotatable bonds is 0. The van der Waals surface area contributed by atoms with Gasteiger partial charge in [0.25, 0.3) is 0 Å². The Morgan fingerprint density at radius 1 is 1.62 bits per heavy atom. The van der Waals surface area contributed by atoms with E-state index >= 15 is 0 Å². The predicted octanol–water partition coefficient (Wildman–Crippen LogP) is 1.26. The molecule has 0 aliphatic rings. The van der Waals surface area contributed by atoms with Gasteiger partial charge < -0.3 is 0 Å². The fourth-order valence-corrected chi connectivity index (χ4v) is 0.902. The Morgan fingerprint density at radius 3 is 2.75 bits per heavy atom. The summed E-state index contributed by atoms with van der Waals surface area (Å²) in [5, 5.41) is 7.40. The highest BCUT2D eigenvalue weighted by Gasteiger charge is 1.85. The van der Waals surface area contributed by atoms with Crippen molar-refractivity contribution >= 4 is 22.6 Å². The molecule has 3 heteroatoms. The average molecular weight is 219 g/mol. The van der Waals surface area contributed by atoms with Gasteiger partial charge in [-0.05, 0) is 41.1 Å². The average Bonchev–Trinajstić information content (AvgIpc) is 1.64. The van der Waals surface area contributed by atoms with Crippen LogP contribution in [-0.4, -0.2) is 10.2 Å². The van der Waals surface area contributed by atoms with Crippen LogP contribution >= 0.6 is 22.6 Å². The van der Waals surface area contributed by atoms with Crippen LogP contribution in [0.3, 0.4) is 0 Å². The van der Waals surface area contributed by atoms with E-state index in [1.807, 2.05) is 6.07 Å². The third-order valence-electron chi connectivity index (χ3n) is 0.681. The third kappa shape index (κ3) is 1.40. The van der Waals surface area contributed by atoms with Crippen molar-refractivity contribution in [3.8, 4) is 0 Å². The van der Waals surface area contributed by atoms with Crippen LogP contribution in [0.1, 0.15) is 5.56 Å². The highest BCUT2D eigenvalue weighted by atomic mass is 127. The van der Waals surface area contributed by atoms with E-state index in [-0.39, 0.29) is 0 Å². The second-order valence-corrected chi connectivity index (χ2v) is 2.49. The van der Waals surface area contributed by atoms with Gasteiger partial charge >= 0.3 is 0 Å². The molecule has 0 aliphatic carbocycles. The summed E-state index contributed by atoms with van der Waals surface area (Å²) >= 11 is 2.09. The number of aromatic nitrogens is 2. The van der Waals surface area contributed by atoms with E-state index in [4.69, 9.17) is 0 Å². The zero-order chi connectivity index (χ0) is 5.98. The summed E-state index contributed by atoms with van der Waals surface area (Å²) in [7, 11) is 0. The molecule has 0 atom stereocenters. The second kappa shape index (κ2) is 2.39. The molecule has 41 valence electrons. The van der Waals surface area contributed by atoms with Gasteiger partial charge in [-0.25, -0.2) is 0 Å². The van der Waals surface area contributed by atoms with Gasteiger partial charge in [0.05, 0.1) is 6.20 Å². The minimum absolute atomic E-state index is 0.884. The van der Waals surface area contributed by atoms with Crippen molar-refractivity contribution in [2.45, 2.75) is 0 Å². The van der Waals surface area contributed by atoms with E-state index in [2.05, 4.69) is 39.7 Å². The molecule has 0 amide bonds. The van der Waals surface area contributed by atoms with Crippen LogP contribution in [0.4, 0.5) is 0 Å². The van der Waals surface area contributed by atoms with Gasteiger partial charge in [0, 0.05) is 0 Å². The standard InChI is InChI=1S/C5H4IN2/c1-4-2-5(6)8-7-3-4/h2-3H,1H2. The zero-order valence-electron chi connectivity index (χ0n) is 4.13. The van der Waals surface area contributed by atoms with Gasteiger partial charge in [0.15, 0.2) is 0 Å². The smallest absolute Gasteiger partial charge is 0.124 e. The van der Waals surface area contributed by atoms with Gasteiger partial charge in [-0.1, -0.05) is 0 Å². The van der Waals surface area contributed by atoms with Gasteiger partial charge in [-0.3, -0.25) is 0 Å². The van der Waals surface area contributed by atoms with Gasteiger partial charge in [0.2, 0.25) is 0 Å². The van der Waals surface area contributed by atoms with Gasteiger partial charge in [-0.2, -0.15) is 5.10 Å². The van der Waals surface area contributed by atoms with Crippen LogP contribution in [0.2, 0.25) is 0 Å². The van der Waals surface area contributed by atoms with Crippen molar-refractivity contribution < 1.29 is 0 Å². The summed E-state index contributed by atoms with van der Waals surface area (Å²) in [5.41, 5.74) is 0.907. The van der Waals surface area contributed by atoms with Gasteiger partial charge in [0.1, 0.15) is 3.70 Å². The number of hydrogen-bond acceptors (Lipinski definition) is 2. The largest absolute Gasteiger partial charge is 0.158 e.